The summed E-state index contributed by atoms with van der Waals surface area (Å²) in [6, 6.07) is 0. The first-order valence-electron chi connectivity index (χ1n) is 10.1. The fourth-order valence-corrected chi connectivity index (χ4v) is 6.81. The van der Waals surface area contributed by atoms with Gasteiger partial charge in [0.15, 0.2) is 11.6 Å². The van der Waals surface area contributed by atoms with Gasteiger partial charge in [0.1, 0.15) is 6.61 Å². The molecule has 5 heteroatoms. The summed E-state index contributed by atoms with van der Waals surface area (Å²) in [7, 11) is 0. The number of ether oxygens (including phenoxy) is 1. The molecule has 4 nitrogen and oxygen atoms in total. The standard InChI is InChI=1S/C23H27ClO4/c1-13(25)28-12-21(27)18-5-4-16-15-11-20(24)19-10-14(26)6-8-23(19,3)17(15)7-9-22(16,18)2/h6-8,10,15-16,18,20H,4-5,9,11-12H2,1-3H3/t15?,16?,18-,20?,22+,23-/m1/s1. The number of fused-ring (bicyclic) bond motifs is 5. The van der Waals surface area contributed by atoms with E-state index in [1.54, 1.807) is 12.2 Å². The summed E-state index contributed by atoms with van der Waals surface area (Å²) in [5, 5.41) is -0.167. The first-order chi connectivity index (χ1) is 13.2. The van der Waals surface area contributed by atoms with Crippen LogP contribution >= 0.6 is 11.6 Å². The number of esters is 1. The van der Waals surface area contributed by atoms with Crippen LogP contribution in [0.5, 0.6) is 0 Å². The van der Waals surface area contributed by atoms with E-state index in [-0.39, 0.29) is 40.3 Å². The van der Waals surface area contributed by atoms with E-state index in [1.807, 2.05) is 6.08 Å². The number of rotatable bonds is 3. The van der Waals surface area contributed by atoms with Gasteiger partial charge in [-0.3, -0.25) is 14.4 Å². The molecule has 0 aromatic heterocycles. The highest BCUT2D eigenvalue weighted by atomic mass is 35.5. The van der Waals surface area contributed by atoms with Gasteiger partial charge < -0.3 is 4.74 Å². The van der Waals surface area contributed by atoms with Gasteiger partial charge in [-0.15, -0.1) is 11.6 Å². The van der Waals surface area contributed by atoms with Crippen LogP contribution in [0.4, 0.5) is 0 Å². The number of halogens is 1. The quantitative estimate of drug-likeness (QED) is 0.403. The van der Waals surface area contributed by atoms with E-state index in [9.17, 15) is 14.4 Å². The van der Waals surface area contributed by atoms with Crippen molar-refractivity contribution in [2.75, 3.05) is 6.61 Å². The van der Waals surface area contributed by atoms with Crippen LogP contribution in [0.1, 0.15) is 46.5 Å². The van der Waals surface area contributed by atoms with Gasteiger partial charge in [-0.05, 0) is 67.6 Å². The lowest BCUT2D eigenvalue weighted by Crippen LogP contribution is -2.47. The zero-order valence-corrected chi connectivity index (χ0v) is 17.4. The zero-order valence-electron chi connectivity index (χ0n) is 16.7. The number of Topliss-reactive ketones (excluding diaryl/α,β-unsaturated/α-hetero) is 1. The molecule has 2 fully saturated rings. The lowest BCUT2D eigenvalue weighted by atomic mass is 9.52. The molecule has 4 aliphatic rings. The summed E-state index contributed by atoms with van der Waals surface area (Å²) >= 11 is 6.78. The average molecular weight is 403 g/mol. The van der Waals surface area contributed by atoms with Crippen molar-refractivity contribution < 1.29 is 19.1 Å². The second-order valence-electron chi connectivity index (χ2n) is 9.20. The van der Waals surface area contributed by atoms with E-state index >= 15 is 0 Å². The van der Waals surface area contributed by atoms with E-state index in [4.69, 9.17) is 16.3 Å². The maximum absolute atomic E-state index is 12.8. The van der Waals surface area contributed by atoms with E-state index in [0.717, 1.165) is 31.3 Å². The highest BCUT2D eigenvalue weighted by Crippen LogP contribution is 2.64. The third kappa shape index (κ3) is 2.83. The zero-order chi connectivity index (χ0) is 20.3. The minimum absolute atomic E-state index is 0.00909. The second-order valence-corrected chi connectivity index (χ2v) is 9.73. The van der Waals surface area contributed by atoms with Crippen LogP contribution in [0.3, 0.4) is 0 Å². The molecule has 0 amide bonds. The predicted molar refractivity (Wildman–Crippen MR) is 107 cm³/mol. The molecule has 0 bridgehead atoms. The minimum Gasteiger partial charge on any atom is -0.458 e. The molecule has 6 atom stereocenters. The normalized spacial score (nSPS) is 41.4. The van der Waals surface area contributed by atoms with Crippen LogP contribution in [-0.2, 0) is 19.1 Å². The first kappa shape index (κ1) is 19.6. The number of hydrogen-bond acceptors (Lipinski definition) is 4. The third-order valence-corrected chi connectivity index (χ3v) is 8.15. The smallest absolute Gasteiger partial charge is 0.303 e. The Morgan fingerprint density at radius 3 is 2.71 bits per heavy atom. The molecule has 0 radical (unpaired) electrons. The van der Waals surface area contributed by atoms with Gasteiger partial charge in [-0.2, -0.15) is 0 Å². The summed E-state index contributed by atoms with van der Waals surface area (Å²) in [4.78, 5) is 35.8. The molecule has 4 rings (SSSR count). The van der Waals surface area contributed by atoms with Crippen molar-refractivity contribution in [3.8, 4) is 0 Å². The van der Waals surface area contributed by atoms with Crippen molar-refractivity contribution >= 4 is 29.1 Å². The van der Waals surface area contributed by atoms with Gasteiger partial charge in [0.25, 0.3) is 0 Å². The topological polar surface area (TPSA) is 60.4 Å². The summed E-state index contributed by atoms with van der Waals surface area (Å²) in [5.41, 5.74) is 1.93. The van der Waals surface area contributed by atoms with Crippen LogP contribution in [0.15, 0.2) is 35.5 Å². The summed E-state index contributed by atoms with van der Waals surface area (Å²) in [5.74, 6) is 0.232. The molecule has 0 aromatic rings. The van der Waals surface area contributed by atoms with Gasteiger partial charge in [0.2, 0.25) is 0 Å². The molecular formula is C23H27ClO4. The predicted octanol–water partition coefficient (Wildman–Crippen LogP) is 4.18. The van der Waals surface area contributed by atoms with Crippen molar-refractivity contribution in [1.82, 2.24) is 0 Å². The molecular weight excluding hydrogens is 376 g/mol. The number of ketones is 2. The van der Waals surface area contributed by atoms with Gasteiger partial charge in [0, 0.05) is 18.3 Å². The molecule has 0 saturated heterocycles. The summed E-state index contributed by atoms with van der Waals surface area (Å²) in [6.07, 6.45) is 11.1. The van der Waals surface area contributed by atoms with Crippen LogP contribution in [-0.4, -0.2) is 29.5 Å². The van der Waals surface area contributed by atoms with Crippen molar-refractivity contribution in [2.45, 2.75) is 51.8 Å². The average Bonchev–Trinajstić information content (AvgIpc) is 2.99. The van der Waals surface area contributed by atoms with Crippen LogP contribution in [0.25, 0.3) is 0 Å². The molecule has 0 N–H and O–H groups in total. The molecule has 3 unspecified atom stereocenters. The van der Waals surface area contributed by atoms with Crippen molar-refractivity contribution in [3.63, 3.8) is 0 Å². The van der Waals surface area contributed by atoms with Gasteiger partial charge >= 0.3 is 5.97 Å². The fourth-order valence-electron chi connectivity index (χ4n) is 6.33. The van der Waals surface area contributed by atoms with E-state index in [1.165, 1.54) is 12.5 Å². The molecule has 28 heavy (non-hydrogen) atoms. The van der Waals surface area contributed by atoms with Crippen LogP contribution in [0, 0.1) is 28.6 Å². The Morgan fingerprint density at radius 2 is 2.00 bits per heavy atom. The highest BCUT2D eigenvalue weighted by molar-refractivity contribution is 6.23. The lowest BCUT2D eigenvalue weighted by Gasteiger charge is -2.53. The van der Waals surface area contributed by atoms with Crippen LogP contribution < -0.4 is 0 Å². The maximum atomic E-state index is 12.8. The molecule has 4 aliphatic carbocycles. The SMILES string of the molecule is CC(=O)OCC(=O)[C@H]1CCC2C3CC(Cl)C4=CC(=O)C=C[C@]4(C)C3=CC[C@@]21C. The molecule has 2 saturated carbocycles. The number of allylic oxidation sites excluding steroid dienone is 6. The van der Waals surface area contributed by atoms with Crippen molar-refractivity contribution in [1.29, 1.82) is 0 Å². The van der Waals surface area contributed by atoms with Gasteiger partial charge in [0.05, 0.1) is 5.38 Å². The second kappa shape index (κ2) is 6.69. The van der Waals surface area contributed by atoms with Gasteiger partial charge in [-0.1, -0.05) is 24.6 Å². The van der Waals surface area contributed by atoms with E-state index in [2.05, 4.69) is 19.9 Å². The number of alkyl halides is 1. The van der Waals surface area contributed by atoms with Crippen LogP contribution in [0.2, 0.25) is 0 Å². The lowest BCUT2D eigenvalue weighted by molar-refractivity contribution is -0.148. The number of hydrogen-bond donors (Lipinski definition) is 0. The Hall–Kier alpha value is -1.68. The van der Waals surface area contributed by atoms with E-state index in [0.29, 0.717) is 11.8 Å². The Kier molecular flexibility index (Phi) is 4.69. The van der Waals surface area contributed by atoms with Crippen molar-refractivity contribution in [2.24, 2.45) is 28.6 Å². The fraction of sp³-hybridized carbons (Fsp3) is 0.609. The number of carbonyl (C=O) groups is 3. The maximum Gasteiger partial charge on any atom is 0.303 e. The monoisotopic (exact) mass is 402 g/mol. The molecule has 0 aromatic carbocycles. The molecule has 0 spiro atoms. The Labute approximate surface area is 171 Å². The third-order valence-electron chi connectivity index (χ3n) is 7.74. The Bertz CT molecular complexity index is 838. The van der Waals surface area contributed by atoms with E-state index < -0.39 is 5.97 Å². The van der Waals surface area contributed by atoms with Crippen molar-refractivity contribution in [3.05, 3.63) is 35.5 Å². The Morgan fingerprint density at radius 1 is 1.25 bits per heavy atom. The van der Waals surface area contributed by atoms with Gasteiger partial charge in [-0.25, -0.2) is 0 Å². The minimum atomic E-state index is -0.415. The summed E-state index contributed by atoms with van der Waals surface area (Å²) < 4.78 is 4.99. The Balaban J connectivity index is 1.66. The first-order valence-corrected chi connectivity index (χ1v) is 10.6. The molecule has 0 aliphatic heterocycles. The molecule has 0 heterocycles. The highest BCUT2D eigenvalue weighted by Gasteiger charge is 2.58. The molecule has 150 valence electrons. The summed E-state index contributed by atoms with van der Waals surface area (Å²) in [6.45, 7) is 5.58. The largest absolute Gasteiger partial charge is 0.458 e. The number of carbonyl (C=O) groups excluding carboxylic acids is 3.